The van der Waals surface area contributed by atoms with Crippen LogP contribution in [0, 0.1) is 0 Å². The number of amides is 1. The first-order chi connectivity index (χ1) is 8.58. The summed E-state index contributed by atoms with van der Waals surface area (Å²) in [6.07, 6.45) is 1.38. The van der Waals surface area contributed by atoms with Gasteiger partial charge in [-0.15, -0.1) is 0 Å². The van der Waals surface area contributed by atoms with E-state index in [0.29, 0.717) is 5.69 Å². The molecule has 0 radical (unpaired) electrons. The predicted molar refractivity (Wildman–Crippen MR) is 62.7 cm³/mol. The molecule has 5 N–H and O–H groups in total. The number of nitrogens with one attached hydrogen (secondary N) is 1. The Morgan fingerprint density at radius 2 is 2.22 bits per heavy atom. The minimum atomic E-state index is -1.19. The summed E-state index contributed by atoms with van der Waals surface area (Å²) in [4.78, 5) is 26.5. The highest BCUT2D eigenvalue weighted by Crippen LogP contribution is 2.03. The van der Waals surface area contributed by atoms with Crippen LogP contribution in [0.4, 0.5) is 0 Å². The van der Waals surface area contributed by atoms with Gasteiger partial charge in [0.25, 0.3) is 5.91 Å². The van der Waals surface area contributed by atoms with Crippen molar-refractivity contribution in [3.63, 3.8) is 0 Å². The second kappa shape index (κ2) is 6.67. The average Bonchev–Trinajstić information content (AvgIpc) is 2.38. The van der Waals surface area contributed by atoms with Crippen molar-refractivity contribution in [1.29, 1.82) is 0 Å². The molecule has 0 bridgehead atoms. The number of rotatable bonds is 6. The van der Waals surface area contributed by atoms with E-state index in [9.17, 15) is 9.59 Å². The van der Waals surface area contributed by atoms with Crippen molar-refractivity contribution in [1.82, 2.24) is 10.3 Å². The molecule has 0 aliphatic heterocycles. The summed E-state index contributed by atoms with van der Waals surface area (Å²) in [7, 11) is 0. The maximum Gasteiger partial charge on any atom is 0.326 e. The van der Waals surface area contributed by atoms with E-state index in [2.05, 4.69) is 10.3 Å². The number of carbonyl (C=O) groups is 2. The Hall–Kier alpha value is -1.99. The summed E-state index contributed by atoms with van der Waals surface area (Å²) in [5.74, 6) is -1.72. The van der Waals surface area contributed by atoms with Crippen molar-refractivity contribution in [3.05, 3.63) is 29.6 Å². The first-order valence-electron chi connectivity index (χ1n) is 5.38. The Labute approximate surface area is 104 Å². The zero-order chi connectivity index (χ0) is 13.5. The van der Waals surface area contributed by atoms with E-state index in [1.54, 1.807) is 0 Å². The van der Waals surface area contributed by atoms with Gasteiger partial charge in [-0.1, -0.05) is 0 Å². The van der Waals surface area contributed by atoms with Crippen LogP contribution in [0.25, 0.3) is 0 Å². The molecule has 0 fully saturated rings. The van der Waals surface area contributed by atoms with Crippen LogP contribution in [-0.2, 0) is 11.3 Å². The fraction of sp³-hybridized carbons (Fsp3) is 0.364. The van der Waals surface area contributed by atoms with Gasteiger partial charge in [-0.2, -0.15) is 0 Å². The zero-order valence-electron chi connectivity index (χ0n) is 9.67. The summed E-state index contributed by atoms with van der Waals surface area (Å²) in [6, 6.07) is 1.84. The van der Waals surface area contributed by atoms with Crippen molar-refractivity contribution in [2.24, 2.45) is 5.73 Å². The lowest BCUT2D eigenvalue weighted by molar-refractivity contribution is -0.139. The van der Waals surface area contributed by atoms with Gasteiger partial charge in [0.2, 0.25) is 0 Å². The van der Waals surface area contributed by atoms with E-state index in [1.165, 1.54) is 18.3 Å². The number of aliphatic hydroxyl groups excluding tert-OH is 1. The molecule has 1 atom stereocenters. The van der Waals surface area contributed by atoms with Gasteiger partial charge in [0.15, 0.2) is 0 Å². The Morgan fingerprint density at radius 3 is 2.78 bits per heavy atom. The lowest BCUT2D eigenvalue weighted by Crippen LogP contribution is -2.41. The molecule has 1 aromatic rings. The summed E-state index contributed by atoms with van der Waals surface area (Å²) in [5, 5.41) is 19.9. The molecule has 1 amide bonds. The number of aliphatic carboxylic acids is 1. The first-order valence-corrected chi connectivity index (χ1v) is 5.38. The molecule has 1 rings (SSSR count). The fourth-order valence-corrected chi connectivity index (χ4v) is 1.36. The monoisotopic (exact) mass is 253 g/mol. The molecule has 18 heavy (non-hydrogen) atoms. The molecule has 1 aromatic heterocycles. The maximum atomic E-state index is 11.8. The average molecular weight is 253 g/mol. The summed E-state index contributed by atoms with van der Waals surface area (Å²) in [5.41, 5.74) is 6.22. The van der Waals surface area contributed by atoms with Gasteiger partial charge in [0, 0.05) is 31.3 Å². The Kier molecular flexibility index (Phi) is 5.22. The van der Waals surface area contributed by atoms with E-state index >= 15 is 0 Å². The van der Waals surface area contributed by atoms with Gasteiger partial charge < -0.3 is 21.3 Å². The predicted octanol–water partition coefficient (Wildman–Crippen LogP) is -0.894. The number of carboxylic acids is 1. The van der Waals surface area contributed by atoms with Crippen LogP contribution in [0.3, 0.4) is 0 Å². The summed E-state index contributed by atoms with van der Waals surface area (Å²) in [6.45, 7) is -0.123. The highest BCUT2D eigenvalue weighted by molar-refractivity contribution is 5.96. The number of carbonyl (C=O) groups excluding carboxylic acids is 1. The van der Waals surface area contributed by atoms with E-state index in [0.717, 1.165) is 0 Å². The van der Waals surface area contributed by atoms with E-state index in [1.807, 2.05) is 0 Å². The molecular formula is C11H15N3O4. The van der Waals surface area contributed by atoms with Gasteiger partial charge >= 0.3 is 5.97 Å². The molecule has 0 saturated heterocycles. The molecule has 0 aliphatic carbocycles. The molecule has 7 nitrogen and oxygen atoms in total. The summed E-state index contributed by atoms with van der Waals surface area (Å²) >= 11 is 0. The topological polar surface area (TPSA) is 126 Å². The summed E-state index contributed by atoms with van der Waals surface area (Å²) < 4.78 is 0. The first kappa shape index (κ1) is 14.1. The quantitative estimate of drug-likeness (QED) is 0.521. The highest BCUT2D eigenvalue weighted by atomic mass is 16.4. The van der Waals surface area contributed by atoms with Crippen molar-refractivity contribution in [2.45, 2.75) is 19.0 Å². The van der Waals surface area contributed by atoms with Crippen LogP contribution in [0.1, 0.15) is 22.5 Å². The standard InChI is InChI=1S/C11H15N3O4/c12-6-8-5-7(1-3-13-8)10(16)14-9(2-4-15)11(17)18/h1,3,5,9,15H,2,4,6,12H2,(H,14,16)(H,17,18)/t9-/m1/s1. The van der Waals surface area contributed by atoms with Crippen molar-refractivity contribution < 1.29 is 19.8 Å². The maximum absolute atomic E-state index is 11.8. The van der Waals surface area contributed by atoms with Gasteiger partial charge in [-0.3, -0.25) is 9.78 Å². The second-order valence-corrected chi connectivity index (χ2v) is 3.62. The number of aromatic nitrogens is 1. The third-order valence-electron chi connectivity index (χ3n) is 2.31. The molecule has 0 unspecified atom stereocenters. The lowest BCUT2D eigenvalue weighted by Gasteiger charge is -2.13. The third-order valence-corrected chi connectivity index (χ3v) is 2.31. The Morgan fingerprint density at radius 1 is 1.50 bits per heavy atom. The van der Waals surface area contributed by atoms with Gasteiger partial charge in [0.05, 0.1) is 5.69 Å². The molecular weight excluding hydrogens is 238 g/mol. The molecule has 0 saturated carbocycles. The molecule has 1 heterocycles. The van der Waals surface area contributed by atoms with Crippen LogP contribution in [0.5, 0.6) is 0 Å². The number of nitrogens with two attached hydrogens (primary N) is 1. The number of hydrogen-bond donors (Lipinski definition) is 4. The van der Waals surface area contributed by atoms with Crippen LogP contribution in [0.15, 0.2) is 18.3 Å². The van der Waals surface area contributed by atoms with Gasteiger partial charge in [0.1, 0.15) is 6.04 Å². The minimum Gasteiger partial charge on any atom is -0.480 e. The SMILES string of the molecule is NCc1cc(C(=O)N[C@H](CCO)C(=O)O)ccn1. The van der Waals surface area contributed by atoms with Crippen molar-refractivity contribution >= 4 is 11.9 Å². The fourth-order valence-electron chi connectivity index (χ4n) is 1.36. The van der Waals surface area contributed by atoms with E-state index < -0.39 is 17.9 Å². The third kappa shape index (κ3) is 3.79. The normalized spacial score (nSPS) is 11.9. The molecule has 0 aliphatic rings. The minimum absolute atomic E-state index is 0.0457. The highest BCUT2D eigenvalue weighted by Gasteiger charge is 2.20. The number of hydrogen-bond acceptors (Lipinski definition) is 5. The Bertz CT molecular complexity index is 436. The van der Waals surface area contributed by atoms with E-state index in [-0.39, 0.29) is 25.1 Å². The number of pyridine rings is 1. The van der Waals surface area contributed by atoms with E-state index in [4.69, 9.17) is 15.9 Å². The zero-order valence-corrected chi connectivity index (χ0v) is 9.67. The smallest absolute Gasteiger partial charge is 0.326 e. The molecule has 7 heteroatoms. The molecule has 98 valence electrons. The van der Waals surface area contributed by atoms with Crippen LogP contribution in [0.2, 0.25) is 0 Å². The van der Waals surface area contributed by atoms with Crippen LogP contribution < -0.4 is 11.1 Å². The van der Waals surface area contributed by atoms with Crippen LogP contribution in [-0.4, -0.2) is 39.7 Å². The van der Waals surface area contributed by atoms with Gasteiger partial charge in [-0.25, -0.2) is 4.79 Å². The Balaban J connectivity index is 2.76. The van der Waals surface area contributed by atoms with Crippen LogP contribution >= 0.6 is 0 Å². The molecule has 0 spiro atoms. The van der Waals surface area contributed by atoms with Crippen molar-refractivity contribution in [2.75, 3.05) is 6.61 Å². The number of aliphatic hydroxyl groups is 1. The lowest BCUT2D eigenvalue weighted by atomic mass is 10.1. The number of carboxylic acid groups (broad SMARTS) is 1. The van der Waals surface area contributed by atoms with Gasteiger partial charge in [-0.05, 0) is 12.1 Å². The largest absolute Gasteiger partial charge is 0.480 e. The molecule has 0 aromatic carbocycles. The van der Waals surface area contributed by atoms with Crippen molar-refractivity contribution in [3.8, 4) is 0 Å². The second-order valence-electron chi connectivity index (χ2n) is 3.62. The number of nitrogens with zero attached hydrogens (tertiary/aromatic N) is 1.